The second kappa shape index (κ2) is 8.58. The Bertz CT molecular complexity index is 513. The number of nitrogens with one attached hydrogen (secondary N) is 1. The Kier molecular flexibility index (Phi) is 7.10. The zero-order valence-electron chi connectivity index (χ0n) is 11.3. The average Bonchev–Trinajstić information content (AvgIpc) is 2.42. The molecule has 0 fully saturated rings. The van der Waals surface area contributed by atoms with Crippen LogP contribution in [0.3, 0.4) is 0 Å². The van der Waals surface area contributed by atoms with Crippen LogP contribution in [-0.4, -0.2) is 42.5 Å². The van der Waals surface area contributed by atoms with Crippen molar-refractivity contribution in [2.75, 3.05) is 19.5 Å². The average molecular weight is 319 g/mol. The van der Waals surface area contributed by atoms with Crippen molar-refractivity contribution >= 4 is 23.6 Å². The van der Waals surface area contributed by atoms with Crippen LogP contribution in [0.4, 0.5) is 8.78 Å². The molecule has 0 heterocycles. The molecule has 0 saturated heterocycles. The van der Waals surface area contributed by atoms with E-state index >= 15 is 0 Å². The van der Waals surface area contributed by atoms with E-state index in [1.807, 2.05) is 0 Å². The van der Waals surface area contributed by atoms with Crippen molar-refractivity contribution in [1.82, 2.24) is 5.32 Å². The summed E-state index contributed by atoms with van der Waals surface area (Å²) in [6.45, 7) is 0.191. The molecule has 0 bridgehead atoms. The van der Waals surface area contributed by atoms with Gasteiger partial charge in [-0.15, -0.1) is 11.8 Å². The Hall–Kier alpha value is -1.67. The molecule has 1 unspecified atom stereocenters. The summed E-state index contributed by atoms with van der Waals surface area (Å²) in [5.74, 6) is -3.35. The van der Waals surface area contributed by atoms with Crippen LogP contribution in [0.1, 0.15) is 6.42 Å². The van der Waals surface area contributed by atoms with Crippen molar-refractivity contribution in [3.05, 3.63) is 29.8 Å². The predicted octanol–water partition coefficient (Wildman–Crippen LogP) is 1.66. The summed E-state index contributed by atoms with van der Waals surface area (Å²) < 4.78 is 30.8. The van der Waals surface area contributed by atoms with Gasteiger partial charge in [0.25, 0.3) is 0 Å². The second-order valence-corrected chi connectivity index (χ2v) is 5.12. The van der Waals surface area contributed by atoms with Crippen LogP contribution in [0.15, 0.2) is 23.1 Å². The van der Waals surface area contributed by atoms with Crippen molar-refractivity contribution < 1.29 is 28.2 Å². The summed E-state index contributed by atoms with van der Waals surface area (Å²) >= 11 is 0.864. The first-order valence-corrected chi connectivity index (χ1v) is 7.01. The summed E-state index contributed by atoms with van der Waals surface area (Å²) in [7, 11) is 1.42. The SMILES string of the molecule is COCCC(NC(=O)CSc1ccc(F)cc1F)C(=O)O. The quantitative estimate of drug-likeness (QED) is 0.713. The minimum Gasteiger partial charge on any atom is -0.480 e. The van der Waals surface area contributed by atoms with Crippen LogP contribution >= 0.6 is 11.8 Å². The van der Waals surface area contributed by atoms with E-state index in [9.17, 15) is 18.4 Å². The van der Waals surface area contributed by atoms with Gasteiger partial charge in [0.05, 0.1) is 5.75 Å². The summed E-state index contributed by atoms with van der Waals surface area (Å²) in [6, 6.07) is 1.97. The van der Waals surface area contributed by atoms with Crippen molar-refractivity contribution in [1.29, 1.82) is 0 Å². The Morgan fingerprint density at radius 3 is 2.71 bits per heavy atom. The number of rotatable bonds is 8. The third-order valence-corrected chi connectivity index (χ3v) is 3.55. The maximum absolute atomic E-state index is 13.4. The lowest BCUT2D eigenvalue weighted by Gasteiger charge is -2.13. The molecule has 0 aromatic heterocycles. The van der Waals surface area contributed by atoms with Gasteiger partial charge in [-0.25, -0.2) is 13.6 Å². The number of hydrogen-bond donors (Lipinski definition) is 2. The largest absolute Gasteiger partial charge is 0.480 e. The van der Waals surface area contributed by atoms with Gasteiger partial charge in [0.1, 0.15) is 17.7 Å². The topological polar surface area (TPSA) is 75.6 Å². The number of carbonyl (C=O) groups is 2. The molecule has 116 valence electrons. The summed E-state index contributed by atoms with van der Waals surface area (Å²) in [5.41, 5.74) is 0. The first-order chi connectivity index (χ1) is 9.93. The lowest BCUT2D eigenvalue weighted by Crippen LogP contribution is -2.42. The van der Waals surface area contributed by atoms with Crippen LogP contribution in [0, 0.1) is 11.6 Å². The van der Waals surface area contributed by atoms with Crippen molar-refractivity contribution in [3.8, 4) is 0 Å². The lowest BCUT2D eigenvalue weighted by molar-refractivity contribution is -0.142. The molecule has 0 aliphatic rings. The molecule has 2 N–H and O–H groups in total. The summed E-state index contributed by atoms with van der Waals surface area (Å²) in [5, 5.41) is 11.2. The molecule has 1 aromatic rings. The Balaban J connectivity index is 2.50. The summed E-state index contributed by atoms with van der Waals surface area (Å²) in [6.07, 6.45) is 0.132. The number of carbonyl (C=O) groups excluding carboxylic acids is 1. The van der Waals surface area contributed by atoms with E-state index in [4.69, 9.17) is 9.84 Å². The molecular weight excluding hydrogens is 304 g/mol. The maximum atomic E-state index is 13.4. The van der Waals surface area contributed by atoms with E-state index < -0.39 is 29.6 Å². The maximum Gasteiger partial charge on any atom is 0.326 e. The highest BCUT2D eigenvalue weighted by Crippen LogP contribution is 2.22. The van der Waals surface area contributed by atoms with E-state index in [-0.39, 0.29) is 23.7 Å². The monoisotopic (exact) mass is 319 g/mol. The molecular formula is C13H15F2NO4S. The number of benzene rings is 1. The Morgan fingerprint density at radius 1 is 1.43 bits per heavy atom. The number of halogens is 2. The second-order valence-electron chi connectivity index (χ2n) is 4.10. The molecule has 0 radical (unpaired) electrons. The number of hydrogen-bond acceptors (Lipinski definition) is 4. The zero-order chi connectivity index (χ0) is 15.8. The number of amides is 1. The molecule has 0 aliphatic carbocycles. The number of carboxylic acids is 1. The normalized spacial score (nSPS) is 12.0. The third kappa shape index (κ3) is 6.09. The van der Waals surface area contributed by atoms with Gasteiger partial charge in [0.2, 0.25) is 5.91 Å². The fourth-order valence-corrected chi connectivity index (χ4v) is 2.20. The molecule has 1 rings (SSSR count). The lowest BCUT2D eigenvalue weighted by atomic mass is 10.2. The van der Waals surface area contributed by atoms with E-state index in [1.54, 1.807) is 0 Å². The van der Waals surface area contributed by atoms with Crippen LogP contribution in [0.5, 0.6) is 0 Å². The van der Waals surface area contributed by atoms with Gasteiger partial charge < -0.3 is 15.2 Å². The first-order valence-electron chi connectivity index (χ1n) is 6.03. The van der Waals surface area contributed by atoms with Gasteiger partial charge in [-0.2, -0.15) is 0 Å². The van der Waals surface area contributed by atoms with E-state index in [0.29, 0.717) is 0 Å². The van der Waals surface area contributed by atoms with E-state index in [0.717, 1.165) is 23.9 Å². The van der Waals surface area contributed by atoms with E-state index in [1.165, 1.54) is 13.2 Å². The highest BCUT2D eigenvalue weighted by Gasteiger charge is 2.19. The van der Waals surface area contributed by atoms with Gasteiger partial charge in [0.15, 0.2) is 0 Å². The van der Waals surface area contributed by atoms with Crippen LogP contribution in [0.25, 0.3) is 0 Å². The number of aliphatic carboxylic acids is 1. The first kappa shape index (κ1) is 17.4. The smallest absolute Gasteiger partial charge is 0.326 e. The predicted molar refractivity (Wildman–Crippen MR) is 73.1 cm³/mol. The molecule has 0 aliphatic heterocycles. The minimum atomic E-state index is -1.17. The van der Waals surface area contributed by atoms with Crippen LogP contribution < -0.4 is 5.32 Å². The number of ether oxygens (including phenoxy) is 1. The van der Waals surface area contributed by atoms with Gasteiger partial charge in [-0.3, -0.25) is 4.79 Å². The van der Waals surface area contributed by atoms with Gasteiger partial charge in [-0.1, -0.05) is 0 Å². The molecule has 5 nitrogen and oxygen atoms in total. The highest BCUT2D eigenvalue weighted by molar-refractivity contribution is 8.00. The molecule has 1 atom stereocenters. The fraction of sp³-hybridized carbons (Fsp3) is 0.385. The molecule has 21 heavy (non-hydrogen) atoms. The fourth-order valence-electron chi connectivity index (χ4n) is 1.46. The molecule has 8 heteroatoms. The van der Waals surface area contributed by atoms with Crippen LogP contribution in [0.2, 0.25) is 0 Å². The van der Waals surface area contributed by atoms with Gasteiger partial charge in [0, 0.05) is 31.1 Å². The minimum absolute atomic E-state index is 0.121. The van der Waals surface area contributed by atoms with E-state index in [2.05, 4.69) is 5.32 Å². The van der Waals surface area contributed by atoms with Crippen LogP contribution in [-0.2, 0) is 14.3 Å². The van der Waals surface area contributed by atoms with Crippen molar-refractivity contribution in [2.45, 2.75) is 17.4 Å². The molecule has 0 saturated carbocycles. The highest BCUT2D eigenvalue weighted by atomic mass is 32.2. The van der Waals surface area contributed by atoms with Gasteiger partial charge >= 0.3 is 5.97 Å². The number of carboxylic acid groups (broad SMARTS) is 1. The molecule has 1 aromatic carbocycles. The van der Waals surface area contributed by atoms with Crippen molar-refractivity contribution in [2.24, 2.45) is 0 Å². The molecule has 1 amide bonds. The standard InChI is InChI=1S/C13H15F2NO4S/c1-20-5-4-10(13(18)19)16-12(17)7-21-11-3-2-8(14)6-9(11)15/h2-3,6,10H,4-5,7H2,1H3,(H,16,17)(H,18,19). The number of methoxy groups -OCH3 is 1. The summed E-state index contributed by atoms with van der Waals surface area (Å²) in [4.78, 5) is 22.7. The zero-order valence-corrected chi connectivity index (χ0v) is 12.1. The number of thioether (sulfide) groups is 1. The Labute approximate surface area is 124 Å². The van der Waals surface area contributed by atoms with Gasteiger partial charge in [-0.05, 0) is 12.1 Å². The van der Waals surface area contributed by atoms with Crippen molar-refractivity contribution in [3.63, 3.8) is 0 Å². The third-order valence-electron chi connectivity index (χ3n) is 2.50. The molecule has 0 spiro atoms. The Morgan fingerprint density at radius 2 is 2.14 bits per heavy atom.